The number of oxazole rings is 1. The summed E-state index contributed by atoms with van der Waals surface area (Å²) in [5.41, 5.74) is 1.88. The van der Waals surface area contributed by atoms with Crippen molar-refractivity contribution in [1.29, 1.82) is 0 Å². The molecule has 1 aromatic heterocycles. The Balaban J connectivity index is 0.00000312. The van der Waals surface area contributed by atoms with Crippen molar-refractivity contribution in [3.8, 4) is 11.5 Å². The summed E-state index contributed by atoms with van der Waals surface area (Å²) in [6, 6.07) is 9.82. The standard InChI is InChI=1S/C18H21NO4S.Na.H/c1-14-16(19-18(23-14)15-7-3-2-4-8-15)9-11-22-10-5-6-12-24-13-17(20)21;;/h2-8H,9-13H2,1H3,(H,20,21);;/b6-5-;;. The van der Waals surface area contributed by atoms with Crippen LogP contribution in [-0.4, -0.2) is 70.3 Å². The van der Waals surface area contributed by atoms with Gasteiger partial charge in [-0.05, 0) is 19.1 Å². The molecule has 130 valence electrons. The first-order valence-electron chi connectivity index (χ1n) is 7.71. The average Bonchev–Trinajstić information content (AvgIpc) is 2.95. The number of thioether (sulfide) groups is 1. The van der Waals surface area contributed by atoms with Crippen molar-refractivity contribution in [3.63, 3.8) is 0 Å². The van der Waals surface area contributed by atoms with Gasteiger partial charge >= 0.3 is 35.5 Å². The summed E-state index contributed by atoms with van der Waals surface area (Å²) in [6.07, 6.45) is 4.52. The van der Waals surface area contributed by atoms with Crippen LogP contribution >= 0.6 is 11.8 Å². The number of aliphatic carboxylic acids is 1. The Morgan fingerprint density at radius 2 is 2.08 bits per heavy atom. The third-order valence-corrected chi connectivity index (χ3v) is 4.10. The molecule has 0 aliphatic rings. The van der Waals surface area contributed by atoms with Crippen LogP contribution in [0.15, 0.2) is 46.9 Å². The van der Waals surface area contributed by atoms with Gasteiger partial charge in [-0.2, -0.15) is 0 Å². The SMILES string of the molecule is Cc1oc(-c2ccccc2)nc1CCOC/C=C\CSCC(=O)O.[NaH]. The van der Waals surface area contributed by atoms with Crippen LogP contribution in [-0.2, 0) is 16.0 Å². The summed E-state index contributed by atoms with van der Waals surface area (Å²) in [6.45, 7) is 2.98. The van der Waals surface area contributed by atoms with E-state index in [4.69, 9.17) is 14.3 Å². The summed E-state index contributed by atoms with van der Waals surface area (Å²) < 4.78 is 11.3. The molecule has 1 heterocycles. The maximum absolute atomic E-state index is 10.3. The molecule has 0 aliphatic heterocycles. The van der Waals surface area contributed by atoms with E-state index in [2.05, 4.69) is 4.98 Å². The number of benzene rings is 1. The molecule has 0 spiro atoms. The molecule has 0 radical (unpaired) electrons. The van der Waals surface area contributed by atoms with E-state index in [9.17, 15) is 4.79 Å². The molecule has 1 aromatic carbocycles. The van der Waals surface area contributed by atoms with E-state index in [1.54, 1.807) is 0 Å². The fraction of sp³-hybridized carbons (Fsp3) is 0.333. The normalized spacial score (nSPS) is 10.8. The predicted octanol–water partition coefficient (Wildman–Crippen LogP) is 2.93. The molecule has 25 heavy (non-hydrogen) atoms. The van der Waals surface area contributed by atoms with Gasteiger partial charge in [-0.1, -0.05) is 30.4 Å². The number of hydrogen-bond acceptors (Lipinski definition) is 5. The first-order valence-corrected chi connectivity index (χ1v) is 8.86. The van der Waals surface area contributed by atoms with E-state index in [1.165, 1.54) is 11.8 Å². The molecular weight excluding hydrogens is 349 g/mol. The molecule has 2 aromatic rings. The minimum atomic E-state index is -0.789. The predicted molar refractivity (Wildman–Crippen MR) is 102 cm³/mol. The Hall–Kier alpha value is -1.05. The van der Waals surface area contributed by atoms with Crippen LogP contribution in [0.2, 0.25) is 0 Å². The number of aryl methyl sites for hydroxylation is 1. The van der Waals surface area contributed by atoms with Crippen molar-refractivity contribution >= 4 is 47.3 Å². The van der Waals surface area contributed by atoms with Gasteiger partial charge in [0.05, 0.1) is 24.7 Å². The minimum absolute atomic E-state index is 0. The third-order valence-electron chi connectivity index (χ3n) is 3.22. The van der Waals surface area contributed by atoms with Crippen LogP contribution < -0.4 is 0 Å². The van der Waals surface area contributed by atoms with E-state index in [0.717, 1.165) is 17.0 Å². The van der Waals surface area contributed by atoms with Gasteiger partial charge in [0.15, 0.2) is 0 Å². The summed E-state index contributed by atoms with van der Waals surface area (Å²) in [5.74, 6) is 1.47. The molecule has 0 saturated carbocycles. The molecule has 7 heteroatoms. The van der Waals surface area contributed by atoms with Gasteiger partial charge in [0.1, 0.15) is 5.76 Å². The number of hydrogen-bond donors (Lipinski definition) is 1. The quantitative estimate of drug-likeness (QED) is 0.393. The number of nitrogens with zero attached hydrogens (tertiary/aromatic N) is 1. The molecule has 0 atom stereocenters. The number of carboxylic acid groups (broad SMARTS) is 1. The van der Waals surface area contributed by atoms with E-state index < -0.39 is 5.97 Å². The van der Waals surface area contributed by atoms with Crippen molar-refractivity contribution in [2.75, 3.05) is 24.7 Å². The Labute approximate surface area is 174 Å². The van der Waals surface area contributed by atoms with E-state index in [1.807, 2.05) is 49.4 Å². The molecule has 0 bridgehead atoms. The van der Waals surface area contributed by atoms with Crippen molar-refractivity contribution in [3.05, 3.63) is 53.9 Å². The molecule has 1 N–H and O–H groups in total. The fourth-order valence-electron chi connectivity index (χ4n) is 2.03. The van der Waals surface area contributed by atoms with Crippen molar-refractivity contribution in [2.24, 2.45) is 0 Å². The van der Waals surface area contributed by atoms with Crippen LogP contribution in [0.4, 0.5) is 0 Å². The van der Waals surface area contributed by atoms with Gasteiger partial charge in [-0.15, -0.1) is 11.8 Å². The molecule has 0 aliphatic carbocycles. The first kappa shape index (κ1) is 22.0. The zero-order valence-corrected chi connectivity index (χ0v) is 14.4. The van der Waals surface area contributed by atoms with Crippen LogP contribution in [0.5, 0.6) is 0 Å². The second-order valence-electron chi connectivity index (χ2n) is 5.09. The summed E-state index contributed by atoms with van der Waals surface area (Å²) in [5, 5.41) is 8.51. The van der Waals surface area contributed by atoms with Crippen LogP contribution in [0.1, 0.15) is 11.5 Å². The molecule has 2 rings (SSSR count). The van der Waals surface area contributed by atoms with Gasteiger partial charge in [-0.3, -0.25) is 4.79 Å². The van der Waals surface area contributed by atoms with E-state index in [-0.39, 0.29) is 35.3 Å². The summed E-state index contributed by atoms with van der Waals surface area (Å²) >= 11 is 1.36. The van der Waals surface area contributed by atoms with Crippen LogP contribution in [0, 0.1) is 6.92 Å². The average molecular weight is 371 g/mol. The number of rotatable bonds is 10. The van der Waals surface area contributed by atoms with E-state index >= 15 is 0 Å². The van der Waals surface area contributed by atoms with Crippen molar-refractivity contribution in [1.82, 2.24) is 4.98 Å². The molecule has 0 fully saturated rings. The second-order valence-corrected chi connectivity index (χ2v) is 6.12. The van der Waals surface area contributed by atoms with E-state index in [0.29, 0.717) is 31.3 Å². The fourth-order valence-corrected chi connectivity index (χ4v) is 2.60. The van der Waals surface area contributed by atoms with Gasteiger partial charge in [0.2, 0.25) is 5.89 Å². The maximum atomic E-state index is 10.3. The topological polar surface area (TPSA) is 72.6 Å². The zero-order chi connectivity index (χ0) is 17.2. The zero-order valence-electron chi connectivity index (χ0n) is 13.6. The first-order chi connectivity index (χ1) is 11.7. The van der Waals surface area contributed by atoms with Gasteiger partial charge in [0.25, 0.3) is 0 Å². The Bertz CT molecular complexity index is 673. The molecule has 5 nitrogen and oxygen atoms in total. The third kappa shape index (κ3) is 8.25. The number of carbonyl (C=O) groups is 1. The van der Waals surface area contributed by atoms with Gasteiger partial charge in [0, 0.05) is 17.7 Å². The molecular formula is C18H22NNaO4S. The number of ether oxygens (including phenoxy) is 1. The number of aromatic nitrogens is 1. The Kier molecular flexibility index (Phi) is 10.8. The Morgan fingerprint density at radius 1 is 1.32 bits per heavy atom. The number of carboxylic acids is 1. The summed E-state index contributed by atoms with van der Waals surface area (Å²) in [7, 11) is 0. The van der Waals surface area contributed by atoms with Gasteiger partial charge in [-0.25, -0.2) is 4.98 Å². The molecule has 0 amide bonds. The second kappa shape index (κ2) is 12.3. The van der Waals surface area contributed by atoms with Crippen molar-refractivity contribution < 1.29 is 19.1 Å². The van der Waals surface area contributed by atoms with Crippen LogP contribution in [0.3, 0.4) is 0 Å². The molecule has 0 unspecified atom stereocenters. The molecule has 0 saturated heterocycles. The Morgan fingerprint density at radius 3 is 2.80 bits per heavy atom. The van der Waals surface area contributed by atoms with Crippen LogP contribution in [0.25, 0.3) is 11.5 Å². The van der Waals surface area contributed by atoms with Crippen molar-refractivity contribution in [2.45, 2.75) is 13.3 Å². The monoisotopic (exact) mass is 371 g/mol. The van der Waals surface area contributed by atoms with Gasteiger partial charge < -0.3 is 14.3 Å². The summed E-state index contributed by atoms with van der Waals surface area (Å²) in [4.78, 5) is 14.9.